The number of hydrogen-bond acceptors (Lipinski definition) is 5. The number of methoxy groups -OCH3 is 1. The summed E-state index contributed by atoms with van der Waals surface area (Å²) in [6, 6.07) is 14.2. The fraction of sp³-hybridized carbons (Fsp3) is 0.318. The van der Waals surface area contributed by atoms with Crippen molar-refractivity contribution in [3.63, 3.8) is 0 Å². The number of rotatable bonds is 6. The lowest BCUT2D eigenvalue weighted by Gasteiger charge is -2.26. The Balaban J connectivity index is 1.51. The second-order valence-electron chi connectivity index (χ2n) is 6.90. The number of carbonyl (C=O) groups excluding carboxylic acids is 1. The number of aromatic nitrogens is 2. The second-order valence-corrected chi connectivity index (χ2v) is 6.90. The topological polar surface area (TPSA) is 67.3 Å². The van der Waals surface area contributed by atoms with E-state index >= 15 is 0 Å². The number of benzene rings is 2. The minimum atomic E-state index is 0.108. The summed E-state index contributed by atoms with van der Waals surface area (Å²) < 4.78 is 5.51. The predicted molar refractivity (Wildman–Crippen MR) is 109 cm³/mol. The van der Waals surface area contributed by atoms with Gasteiger partial charge in [-0.25, -0.2) is 9.97 Å². The molecule has 3 aromatic rings. The van der Waals surface area contributed by atoms with Gasteiger partial charge in [0, 0.05) is 37.3 Å². The van der Waals surface area contributed by atoms with Crippen LogP contribution in [-0.2, 0) is 4.79 Å². The number of fused-ring (bicyclic) bond motifs is 1. The van der Waals surface area contributed by atoms with E-state index in [1.807, 2.05) is 23.1 Å². The Labute approximate surface area is 164 Å². The highest BCUT2D eigenvalue weighted by Gasteiger charge is 2.30. The molecule has 1 aliphatic heterocycles. The van der Waals surface area contributed by atoms with Gasteiger partial charge in [-0.1, -0.05) is 30.3 Å². The molecule has 1 saturated heterocycles. The van der Waals surface area contributed by atoms with Gasteiger partial charge in [0.1, 0.15) is 5.75 Å². The van der Waals surface area contributed by atoms with E-state index in [-0.39, 0.29) is 11.9 Å². The molecule has 2 aromatic carbocycles. The van der Waals surface area contributed by atoms with Crippen LogP contribution >= 0.6 is 0 Å². The molecular formula is C22H24N4O2. The van der Waals surface area contributed by atoms with Crippen molar-refractivity contribution in [2.24, 2.45) is 0 Å². The van der Waals surface area contributed by atoms with Gasteiger partial charge in [0.05, 0.1) is 13.2 Å². The molecule has 1 N–H and O–H groups in total. The largest absolute Gasteiger partial charge is 0.496 e. The second kappa shape index (κ2) is 8.25. The van der Waals surface area contributed by atoms with E-state index in [9.17, 15) is 4.79 Å². The summed E-state index contributed by atoms with van der Waals surface area (Å²) in [5, 5.41) is 5.35. The summed E-state index contributed by atoms with van der Waals surface area (Å²) in [5.74, 6) is 1.57. The van der Waals surface area contributed by atoms with Gasteiger partial charge >= 0.3 is 0 Å². The van der Waals surface area contributed by atoms with Crippen molar-refractivity contribution in [3.05, 3.63) is 60.4 Å². The van der Waals surface area contributed by atoms with Crippen LogP contribution in [0.15, 0.2) is 54.9 Å². The molecule has 0 bridgehead atoms. The Bertz CT molecular complexity index is 961. The monoisotopic (exact) mass is 376 g/mol. The molecule has 1 aliphatic rings. The molecule has 2 heterocycles. The molecule has 1 amide bonds. The number of nitrogens with zero attached hydrogens (tertiary/aromatic N) is 3. The Morgan fingerprint density at radius 3 is 2.71 bits per heavy atom. The summed E-state index contributed by atoms with van der Waals surface area (Å²) in [6.45, 7) is 1.32. The first-order valence-corrected chi connectivity index (χ1v) is 9.64. The molecule has 4 rings (SSSR count). The van der Waals surface area contributed by atoms with Crippen molar-refractivity contribution in [1.29, 1.82) is 0 Å². The number of amides is 1. The third kappa shape index (κ3) is 3.63. The standard InChI is InChI=1S/C22H24N4O2/c1-28-20-10-9-17(16-6-2-3-7-18(16)20)19-8-4-15-26(19)21(27)11-14-25-22-23-12-5-13-24-22/h2-3,5-7,9-10,12-13,19H,4,8,11,14-15H2,1H3,(H,23,24,25)/t19-/m0/s1. The number of nitrogens with one attached hydrogen (secondary N) is 1. The zero-order valence-corrected chi connectivity index (χ0v) is 16.0. The van der Waals surface area contributed by atoms with Crippen LogP contribution in [0.3, 0.4) is 0 Å². The van der Waals surface area contributed by atoms with Crippen molar-refractivity contribution in [3.8, 4) is 5.75 Å². The van der Waals surface area contributed by atoms with Gasteiger partial charge in [0.15, 0.2) is 0 Å². The third-order valence-corrected chi connectivity index (χ3v) is 5.26. The summed E-state index contributed by atoms with van der Waals surface area (Å²) in [7, 11) is 1.69. The van der Waals surface area contributed by atoms with E-state index in [4.69, 9.17) is 4.74 Å². The van der Waals surface area contributed by atoms with Crippen LogP contribution in [0.25, 0.3) is 10.8 Å². The van der Waals surface area contributed by atoms with E-state index in [0.717, 1.165) is 35.9 Å². The fourth-order valence-electron chi connectivity index (χ4n) is 3.97. The first-order valence-electron chi connectivity index (χ1n) is 9.64. The Hall–Kier alpha value is -3.15. The quantitative estimate of drug-likeness (QED) is 0.709. The van der Waals surface area contributed by atoms with Crippen LogP contribution < -0.4 is 10.1 Å². The van der Waals surface area contributed by atoms with Crippen LogP contribution in [0.5, 0.6) is 5.75 Å². The molecular weight excluding hydrogens is 352 g/mol. The summed E-state index contributed by atoms with van der Waals surface area (Å²) >= 11 is 0. The molecule has 6 heteroatoms. The zero-order valence-electron chi connectivity index (χ0n) is 16.0. The summed E-state index contributed by atoms with van der Waals surface area (Å²) in [5.41, 5.74) is 1.20. The Morgan fingerprint density at radius 2 is 1.93 bits per heavy atom. The minimum absolute atomic E-state index is 0.108. The van der Waals surface area contributed by atoms with Crippen molar-refractivity contribution < 1.29 is 9.53 Å². The van der Waals surface area contributed by atoms with Gasteiger partial charge in [-0.15, -0.1) is 0 Å². The van der Waals surface area contributed by atoms with Gasteiger partial charge in [-0.05, 0) is 35.9 Å². The molecule has 0 aliphatic carbocycles. The van der Waals surface area contributed by atoms with Crippen molar-refractivity contribution in [1.82, 2.24) is 14.9 Å². The SMILES string of the molecule is COc1ccc([C@@H]2CCCN2C(=O)CCNc2ncccn2)c2ccccc12. The highest BCUT2D eigenvalue weighted by Crippen LogP contribution is 2.38. The molecule has 0 unspecified atom stereocenters. The first kappa shape index (κ1) is 18.2. The van der Waals surface area contributed by atoms with Crippen LogP contribution in [0.1, 0.15) is 30.9 Å². The van der Waals surface area contributed by atoms with Gasteiger partial charge < -0.3 is 15.0 Å². The minimum Gasteiger partial charge on any atom is -0.496 e. The number of likely N-dealkylation sites (tertiary alicyclic amines) is 1. The van der Waals surface area contributed by atoms with E-state index in [2.05, 4.69) is 33.5 Å². The average Bonchev–Trinajstić information content (AvgIpc) is 3.23. The van der Waals surface area contributed by atoms with E-state index < -0.39 is 0 Å². The van der Waals surface area contributed by atoms with Crippen LogP contribution in [0.4, 0.5) is 5.95 Å². The molecule has 0 saturated carbocycles. The fourth-order valence-corrected chi connectivity index (χ4v) is 3.97. The third-order valence-electron chi connectivity index (χ3n) is 5.26. The van der Waals surface area contributed by atoms with Gasteiger partial charge in [-0.2, -0.15) is 0 Å². The first-order chi connectivity index (χ1) is 13.8. The maximum absolute atomic E-state index is 12.9. The smallest absolute Gasteiger partial charge is 0.224 e. The molecule has 144 valence electrons. The maximum atomic E-state index is 12.9. The lowest BCUT2D eigenvalue weighted by atomic mass is 9.96. The Kier molecular flexibility index (Phi) is 5.37. The van der Waals surface area contributed by atoms with E-state index in [0.29, 0.717) is 18.9 Å². The van der Waals surface area contributed by atoms with Crippen molar-refractivity contribution in [2.75, 3.05) is 25.5 Å². The predicted octanol–water partition coefficient (Wildman–Crippen LogP) is 3.80. The van der Waals surface area contributed by atoms with Gasteiger partial charge in [0.25, 0.3) is 0 Å². The zero-order chi connectivity index (χ0) is 19.3. The normalized spacial score (nSPS) is 16.3. The van der Waals surface area contributed by atoms with E-state index in [1.165, 1.54) is 5.56 Å². The van der Waals surface area contributed by atoms with Gasteiger partial charge in [-0.3, -0.25) is 4.79 Å². The van der Waals surface area contributed by atoms with E-state index in [1.54, 1.807) is 25.6 Å². The molecule has 1 fully saturated rings. The van der Waals surface area contributed by atoms with Crippen LogP contribution in [0.2, 0.25) is 0 Å². The number of ether oxygens (including phenoxy) is 1. The number of carbonyl (C=O) groups is 1. The highest BCUT2D eigenvalue weighted by atomic mass is 16.5. The number of hydrogen-bond donors (Lipinski definition) is 1. The van der Waals surface area contributed by atoms with Crippen LogP contribution in [0, 0.1) is 0 Å². The van der Waals surface area contributed by atoms with Gasteiger partial charge in [0.2, 0.25) is 11.9 Å². The highest BCUT2D eigenvalue weighted by molar-refractivity contribution is 5.92. The molecule has 1 aromatic heterocycles. The molecule has 6 nitrogen and oxygen atoms in total. The van der Waals surface area contributed by atoms with Crippen molar-refractivity contribution >= 4 is 22.6 Å². The van der Waals surface area contributed by atoms with Crippen LogP contribution in [-0.4, -0.2) is 41.0 Å². The van der Waals surface area contributed by atoms with Crippen molar-refractivity contribution in [2.45, 2.75) is 25.3 Å². The number of anilines is 1. The lowest BCUT2D eigenvalue weighted by molar-refractivity contribution is -0.131. The molecule has 28 heavy (non-hydrogen) atoms. The Morgan fingerprint density at radius 1 is 1.14 bits per heavy atom. The summed E-state index contributed by atoms with van der Waals surface area (Å²) in [6.07, 6.45) is 5.79. The summed E-state index contributed by atoms with van der Waals surface area (Å²) in [4.78, 5) is 23.2. The molecule has 1 atom stereocenters. The maximum Gasteiger partial charge on any atom is 0.224 e. The molecule has 0 radical (unpaired) electrons. The average molecular weight is 376 g/mol. The molecule has 0 spiro atoms. The lowest BCUT2D eigenvalue weighted by Crippen LogP contribution is -2.32.